The lowest BCUT2D eigenvalue weighted by Gasteiger charge is -2.27. The van der Waals surface area contributed by atoms with Gasteiger partial charge in [0, 0.05) is 6.54 Å². The van der Waals surface area contributed by atoms with E-state index < -0.39 is 47.9 Å². The standard InChI is InChI=1S/C18H32N4O5S2/c1-11(17(25)22-8-4-5-14(22)18(26)27)20-16(24)13(7-10-29-3)21-15(23)12(19)6-9-28-2/h11-14H,4-10,19H2,1-3H3,(H,20,24)(H,21,23)(H,26,27). The Morgan fingerprint density at radius 3 is 2.31 bits per heavy atom. The van der Waals surface area contributed by atoms with Crippen molar-refractivity contribution in [3.05, 3.63) is 0 Å². The third-order valence-corrected chi connectivity index (χ3v) is 6.05. The number of aliphatic carboxylic acids is 1. The van der Waals surface area contributed by atoms with Gasteiger partial charge in [0.25, 0.3) is 0 Å². The summed E-state index contributed by atoms with van der Waals surface area (Å²) < 4.78 is 0. The lowest BCUT2D eigenvalue weighted by atomic mass is 10.1. The normalized spacial score (nSPS) is 19.3. The smallest absolute Gasteiger partial charge is 0.326 e. The van der Waals surface area contributed by atoms with E-state index in [9.17, 15) is 24.3 Å². The molecule has 0 aliphatic carbocycles. The Hall–Kier alpha value is -1.46. The molecule has 1 fully saturated rings. The van der Waals surface area contributed by atoms with Crippen LogP contribution in [0, 0.1) is 0 Å². The number of thioether (sulfide) groups is 2. The number of carboxylic acids is 1. The predicted octanol–water partition coefficient (Wildman–Crippen LogP) is -0.115. The molecular weight excluding hydrogens is 416 g/mol. The molecule has 5 N–H and O–H groups in total. The van der Waals surface area contributed by atoms with Gasteiger partial charge in [0.05, 0.1) is 6.04 Å². The number of carboxylic acid groups (broad SMARTS) is 1. The van der Waals surface area contributed by atoms with Crippen LogP contribution >= 0.6 is 23.5 Å². The second kappa shape index (κ2) is 13.0. The number of hydrogen-bond acceptors (Lipinski definition) is 7. The monoisotopic (exact) mass is 448 g/mol. The molecule has 0 saturated carbocycles. The summed E-state index contributed by atoms with van der Waals surface area (Å²) in [5.41, 5.74) is 5.88. The fraction of sp³-hybridized carbons (Fsp3) is 0.778. The molecule has 1 saturated heterocycles. The first kappa shape index (κ1) is 25.6. The number of nitrogens with two attached hydrogens (primary N) is 1. The van der Waals surface area contributed by atoms with Crippen LogP contribution in [0.5, 0.6) is 0 Å². The van der Waals surface area contributed by atoms with Crippen molar-refractivity contribution in [1.82, 2.24) is 15.5 Å². The SMILES string of the molecule is CSCCC(N)C(=O)NC(CCSC)C(=O)NC(C)C(=O)N1CCCC1C(=O)O. The van der Waals surface area contributed by atoms with Gasteiger partial charge in [-0.3, -0.25) is 14.4 Å². The van der Waals surface area contributed by atoms with Crippen molar-refractivity contribution in [3.8, 4) is 0 Å². The third kappa shape index (κ3) is 8.06. The van der Waals surface area contributed by atoms with Crippen LogP contribution in [-0.2, 0) is 19.2 Å². The van der Waals surface area contributed by atoms with E-state index in [0.29, 0.717) is 38.0 Å². The maximum absolute atomic E-state index is 12.7. The van der Waals surface area contributed by atoms with Crippen molar-refractivity contribution >= 4 is 47.2 Å². The van der Waals surface area contributed by atoms with Gasteiger partial charge in [-0.25, -0.2) is 4.79 Å². The molecule has 29 heavy (non-hydrogen) atoms. The summed E-state index contributed by atoms with van der Waals surface area (Å²) in [5.74, 6) is -0.967. The highest BCUT2D eigenvalue weighted by atomic mass is 32.2. The molecule has 0 spiro atoms. The van der Waals surface area contributed by atoms with Crippen molar-refractivity contribution in [3.63, 3.8) is 0 Å². The van der Waals surface area contributed by atoms with Gasteiger partial charge in [-0.2, -0.15) is 23.5 Å². The average molecular weight is 449 g/mol. The van der Waals surface area contributed by atoms with Gasteiger partial charge < -0.3 is 26.4 Å². The van der Waals surface area contributed by atoms with Crippen LogP contribution in [-0.4, -0.2) is 88.4 Å². The van der Waals surface area contributed by atoms with Crippen LogP contribution in [0.15, 0.2) is 0 Å². The second-order valence-electron chi connectivity index (χ2n) is 6.99. The largest absolute Gasteiger partial charge is 0.480 e. The van der Waals surface area contributed by atoms with Crippen molar-refractivity contribution in [1.29, 1.82) is 0 Å². The van der Waals surface area contributed by atoms with Crippen LogP contribution in [0.3, 0.4) is 0 Å². The maximum Gasteiger partial charge on any atom is 0.326 e. The number of nitrogens with one attached hydrogen (secondary N) is 2. The zero-order valence-electron chi connectivity index (χ0n) is 17.2. The van der Waals surface area contributed by atoms with Crippen LogP contribution < -0.4 is 16.4 Å². The van der Waals surface area contributed by atoms with E-state index in [-0.39, 0.29) is 0 Å². The quantitative estimate of drug-likeness (QED) is 0.324. The molecule has 0 aromatic rings. The summed E-state index contributed by atoms with van der Waals surface area (Å²) in [6.45, 7) is 1.88. The number of rotatable bonds is 12. The van der Waals surface area contributed by atoms with Gasteiger partial charge in [0.15, 0.2) is 0 Å². The van der Waals surface area contributed by atoms with Crippen molar-refractivity contribution < 1.29 is 24.3 Å². The van der Waals surface area contributed by atoms with E-state index in [1.165, 1.54) is 23.6 Å². The van der Waals surface area contributed by atoms with Crippen LogP contribution in [0.25, 0.3) is 0 Å². The molecule has 166 valence electrons. The van der Waals surface area contributed by atoms with Gasteiger partial charge >= 0.3 is 5.97 Å². The summed E-state index contributed by atoms with van der Waals surface area (Å²) in [4.78, 5) is 50.2. The minimum absolute atomic E-state index is 0.354. The molecule has 1 aliphatic rings. The third-order valence-electron chi connectivity index (χ3n) is 4.76. The molecule has 0 aromatic carbocycles. The van der Waals surface area contributed by atoms with E-state index >= 15 is 0 Å². The molecule has 4 atom stereocenters. The van der Waals surface area contributed by atoms with Gasteiger partial charge in [-0.05, 0) is 56.6 Å². The molecule has 0 aromatic heterocycles. The van der Waals surface area contributed by atoms with E-state index in [1.54, 1.807) is 11.8 Å². The van der Waals surface area contributed by atoms with E-state index in [0.717, 1.165) is 5.75 Å². The Morgan fingerprint density at radius 1 is 1.10 bits per heavy atom. The summed E-state index contributed by atoms with van der Waals surface area (Å²) in [6.07, 6.45) is 5.74. The average Bonchev–Trinajstić information content (AvgIpc) is 3.18. The van der Waals surface area contributed by atoms with E-state index in [1.807, 2.05) is 12.5 Å². The first-order valence-corrected chi connectivity index (χ1v) is 12.4. The molecule has 1 rings (SSSR count). The van der Waals surface area contributed by atoms with Crippen molar-refractivity contribution in [2.75, 3.05) is 30.6 Å². The molecule has 3 amide bonds. The van der Waals surface area contributed by atoms with E-state index in [2.05, 4.69) is 10.6 Å². The number of carbonyl (C=O) groups is 4. The number of amides is 3. The van der Waals surface area contributed by atoms with Crippen LogP contribution in [0.2, 0.25) is 0 Å². The summed E-state index contributed by atoms with van der Waals surface area (Å²) in [6, 6.07) is -3.25. The highest BCUT2D eigenvalue weighted by Gasteiger charge is 2.36. The molecule has 11 heteroatoms. The Balaban J connectivity index is 2.71. The van der Waals surface area contributed by atoms with Gasteiger partial charge in [-0.1, -0.05) is 0 Å². The molecule has 0 radical (unpaired) electrons. The van der Waals surface area contributed by atoms with E-state index in [4.69, 9.17) is 5.73 Å². The van der Waals surface area contributed by atoms with Crippen molar-refractivity contribution in [2.45, 2.75) is 56.8 Å². The zero-order valence-corrected chi connectivity index (χ0v) is 18.8. The van der Waals surface area contributed by atoms with Crippen LogP contribution in [0.4, 0.5) is 0 Å². The number of likely N-dealkylation sites (tertiary alicyclic amines) is 1. The second-order valence-corrected chi connectivity index (χ2v) is 8.96. The Morgan fingerprint density at radius 2 is 1.72 bits per heavy atom. The maximum atomic E-state index is 12.7. The molecule has 4 unspecified atom stereocenters. The Kier molecular flexibility index (Phi) is 11.4. The number of carbonyl (C=O) groups excluding carboxylic acids is 3. The molecule has 0 bridgehead atoms. The topological polar surface area (TPSA) is 142 Å². The summed E-state index contributed by atoms with van der Waals surface area (Å²) >= 11 is 3.13. The molecule has 1 aliphatic heterocycles. The molecule has 1 heterocycles. The summed E-state index contributed by atoms with van der Waals surface area (Å²) in [5, 5.41) is 14.6. The highest BCUT2D eigenvalue weighted by Crippen LogP contribution is 2.18. The van der Waals surface area contributed by atoms with Crippen molar-refractivity contribution in [2.24, 2.45) is 5.73 Å². The van der Waals surface area contributed by atoms with Crippen LogP contribution in [0.1, 0.15) is 32.6 Å². The Bertz CT molecular complexity index is 593. The Labute approximate surface area is 180 Å². The zero-order chi connectivity index (χ0) is 22.0. The minimum atomic E-state index is -1.04. The first-order valence-electron chi connectivity index (χ1n) is 9.60. The number of hydrogen-bond donors (Lipinski definition) is 4. The minimum Gasteiger partial charge on any atom is -0.480 e. The summed E-state index contributed by atoms with van der Waals surface area (Å²) in [7, 11) is 0. The van der Waals surface area contributed by atoms with Gasteiger partial charge in [-0.15, -0.1) is 0 Å². The molecular formula is C18H32N4O5S2. The van der Waals surface area contributed by atoms with Gasteiger partial charge in [0.2, 0.25) is 17.7 Å². The fourth-order valence-corrected chi connectivity index (χ4v) is 4.03. The lowest BCUT2D eigenvalue weighted by Crippen LogP contribution is -2.56. The fourth-order valence-electron chi connectivity index (χ4n) is 3.07. The first-order chi connectivity index (χ1) is 13.7. The molecule has 9 nitrogen and oxygen atoms in total. The number of nitrogens with zero attached hydrogens (tertiary/aromatic N) is 1. The highest BCUT2D eigenvalue weighted by molar-refractivity contribution is 7.98. The predicted molar refractivity (Wildman–Crippen MR) is 116 cm³/mol. The lowest BCUT2D eigenvalue weighted by molar-refractivity contribution is -0.149. The van der Waals surface area contributed by atoms with Gasteiger partial charge in [0.1, 0.15) is 18.1 Å².